The largest absolute Gasteiger partial charge is 0.388 e. The first-order valence-corrected chi connectivity index (χ1v) is 3.88. The van der Waals surface area contributed by atoms with Crippen molar-refractivity contribution in [1.29, 1.82) is 0 Å². The average Bonchev–Trinajstić information content (AvgIpc) is 2.63. The molecule has 0 radical (unpaired) electrons. The lowest BCUT2D eigenvalue weighted by Gasteiger charge is -1.77. The Balaban J connectivity index is 0. The molecule has 0 spiro atoms. The van der Waals surface area contributed by atoms with Crippen molar-refractivity contribution in [2.24, 2.45) is 0 Å². The fourth-order valence-electron chi connectivity index (χ4n) is 0.307. The van der Waals surface area contributed by atoms with E-state index in [1.807, 2.05) is 27.7 Å². The molecule has 4 nitrogen and oxygen atoms in total. The maximum absolute atomic E-state index is 8.29. The number of nitrogens with one attached hydrogen (secondary N) is 1. The van der Waals surface area contributed by atoms with Gasteiger partial charge in [-0.25, -0.2) is 4.98 Å². The standard InChI is InChI=1S/C3H5N3O.2C2H6/c7-1-3-4-2-5-6-3;2*1-2/h2,7H,1H2,(H,4,5,6);2*1-2H3. The van der Waals surface area contributed by atoms with Gasteiger partial charge in [-0.3, -0.25) is 5.10 Å². The van der Waals surface area contributed by atoms with Gasteiger partial charge in [-0.2, -0.15) is 5.10 Å². The first kappa shape index (κ1) is 12.7. The first-order valence-electron chi connectivity index (χ1n) is 3.88. The second-order valence-electron chi connectivity index (χ2n) is 1.09. The minimum atomic E-state index is -0.0694. The monoisotopic (exact) mass is 159 g/mol. The summed E-state index contributed by atoms with van der Waals surface area (Å²) in [6, 6.07) is 0. The zero-order valence-corrected chi connectivity index (χ0v) is 7.63. The lowest BCUT2D eigenvalue weighted by molar-refractivity contribution is 0.272. The molecule has 1 rings (SSSR count). The third-order valence-electron chi connectivity index (χ3n) is 0.615. The summed E-state index contributed by atoms with van der Waals surface area (Å²) in [5.74, 6) is 0.500. The van der Waals surface area contributed by atoms with Gasteiger partial charge in [0.1, 0.15) is 18.8 Å². The molecule has 0 aliphatic carbocycles. The van der Waals surface area contributed by atoms with E-state index < -0.39 is 0 Å². The summed E-state index contributed by atoms with van der Waals surface area (Å²) in [7, 11) is 0. The maximum Gasteiger partial charge on any atom is 0.149 e. The molecule has 1 aromatic heterocycles. The van der Waals surface area contributed by atoms with Gasteiger partial charge in [0, 0.05) is 0 Å². The Morgan fingerprint density at radius 3 is 2.09 bits per heavy atom. The zero-order valence-electron chi connectivity index (χ0n) is 7.63. The van der Waals surface area contributed by atoms with E-state index in [1.165, 1.54) is 6.33 Å². The molecule has 0 fully saturated rings. The lowest BCUT2D eigenvalue weighted by atomic mass is 10.7. The highest BCUT2D eigenvalue weighted by molar-refractivity contribution is 4.73. The summed E-state index contributed by atoms with van der Waals surface area (Å²) in [5.41, 5.74) is 0. The van der Waals surface area contributed by atoms with Crippen LogP contribution in [0.1, 0.15) is 33.5 Å². The van der Waals surface area contributed by atoms with Gasteiger partial charge in [-0.05, 0) is 0 Å². The molecular weight excluding hydrogens is 142 g/mol. The second-order valence-corrected chi connectivity index (χ2v) is 1.09. The third-order valence-corrected chi connectivity index (χ3v) is 0.615. The Kier molecular flexibility index (Phi) is 13.7. The van der Waals surface area contributed by atoms with Crippen molar-refractivity contribution in [3.05, 3.63) is 12.2 Å². The van der Waals surface area contributed by atoms with Crippen molar-refractivity contribution in [2.75, 3.05) is 0 Å². The average molecular weight is 159 g/mol. The van der Waals surface area contributed by atoms with Crippen molar-refractivity contribution in [2.45, 2.75) is 34.3 Å². The number of aromatic nitrogens is 3. The molecule has 0 bridgehead atoms. The molecule has 11 heavy (non-hydrogen) atoms. The number of rotatable bonds is 1. The van der Waals surface area contributed by atoms with Gasteiger partial charge >= 0.3 is 0 Å². The lowest BCUT2D eigenvalue weighted by Crippen LogP contribution is -1.83. The molecule has 0 amide bonds. The smallest absolute Gasteiger partial charge is 0.149 e. The van der Waals surface area contributed by atoms with E-state index in [0.29, 0.717) is 5.82 Å². The molecule has 1 heterocycles. The molecule has 0 aliphatic heterocycles. The fourth-order valence-corrected chi connectivity index (χ4v) is 0.307. The van der Waals surface area contributed by atoms with Crippen LogP contribution >= 0.6 is 0 Å². The topological polar surface area (TPSA) is 61.8 Å². The van der Waals surface area contributed by atoms with E-state index in [-0.39, 0.29) is 6.61 Å². The predicted octanol–water partition coefficient (Wildman–Crippen LogP) is 1.35. The van der Waals surface area contributed by atoms with Crippen LogP contribution in [0.5, 0.6) is 0 Å². The van der Waals surface area contributed by atoms with Crippen LogP contribution in [-0.4, -0.2) is 20.3 Å². The van der Waals surface area contributed by atoms with Crippen LogP contribution in [0.25, 0.3) is 0 Å². The van der Waals surface area contributed by atoms with Crippen molar-refractivity contribution >= 4 is 0 Å². The van der Waals surface area contributed by atoms with Crippen LogP contribution in [0.3, 0.4) is 0 Å². The summed E-state index contributed by atoms with van der Waals surface area (Å²) < 4.78 is 0. The minimum Gasteiger partial charge on any atom is -0.388 e. The molecule has 0 saturated heterocycles. The molecule has 2 N–H and O–H groups in total. The van der Waals surface area contributed by atoms with Gasteiger partial charge in [-0.15, -0.1) is 0 Å². The molecule has 0 aromatic carbocycles. The summed E-state index contributed by atoms with van der Waals surface area (Å²) in [4.78, 5) is 3.62. The van der Waals surface area contributed by atoms with E-state index in [1.54, 1.807) is 0 Å². The molecule has 0 unspecified atom stereocenters. The van der Waals surface area contributed by atoms with Crippen LogP contribution in [-0.2, 0) is 6.61 Å². The van der Waals surface area contributed by atoms with Crippen molar-refractivity contribution in [1.82, 2.24) is 15.2 Å². The van der Waals surface area contributed by atoms with E-state index in [4.69, 9.17) is 5.11 Å². The van der Waals surface area contributed by atoms with E-state index in [2.05, 4.69) is 15.2 Å². The summed E-state index contributed by atoms with van der Waals surface area (Å²) in [5, 5.41) is 14.3. The number of hydrogen-bond acceptors (Lipinski definition) is 3. The normalized spacial score (nSPS) is 7.00. The first-order chi connectivity index (χ1) is 5.43. The van der Waals surface area contributed by atoms with Gasteiger partial charge in [-0.1, -0.05) is 27.7 Å². The number of nitrogens with zero attached hydrogens (tertiary/aromatic N) is 2. The van der Waals surface area contributed by atoms with Crippen molar-refractivity contribution in [3.8, 4) is 0 Å². The second kappa shape index (κ2) is 11.8. The number of H-pyrrole nitrogens is 1. The van der Waals surface area contributed by atoms with Crippen LogP contribution in [0.15, 0.2) is 6.33 Å². The molecule has 0 saturated carbocycles. The van der Waals surface area contributed by atoms with Crippen LogP contribution < -0.4 is 0 Å². The number of hydrogen-bond donors (Lipinski definition) is 2. The Labute approximate surface area is 67.7 Å². The Hall–Kier alpha value is -0.900. The molecule has 1 aromatic rings. The van der Waals surface area contributed by atoms with E-state index >= 15 is 0 Å². The minimum absolute atomic E-state index is 0.0694. The highest BCUT2D eigenvalue weighted by Crippen LogP contribution is 1.79. The van der Waals surface area contributed by atoms with Gasteiger partial charge in [0.05, 0.1) is 0 Å². The van der Waals surface area contributed by atoms with Gasteiger partial charge in [0.25, 0.3) is 0 Å². The molecular formula is C7H17N3O. The zero-order chi connectivity index (χ0) is 9.11. The Morgan fingerprint density at radius 1 is 1.36 bits per heavy atom. The third kappa shape index (κ3) is 6.99. The van der Waals surface area contributed by atoms with E-state index in [9.17, 15) is 0 Å². The van der Waals surface area contributed by atoms with Crippen molar-refractivity contribution < 1.29 is 5.11 Å². The highest BCUT2D eigenvalue weighted by Gasteiger charge is 1.85. The number of aliphatic hydroxyl groups excluding tert-OH is 1. The van der Waals surface area contributed by atoms with Crippen LogP contribution in [0, 0.1) is 0 Å². The molecule has 0 aliphatic rings. The fraction of sp³-hybridized carbons (Fsp3) is 0.714. The van der Waals surface area contributed by atoms with Gasteiger partial charge in [0.15, 0.2) is 0 Å². The van der Waals surface area contributed by atoms with Gasteiger partial charge < -0.3 is 5.11 Å². The number of aliphatic hydroxyl groups is 1. The highest BCUT2D eigenvalue weighted by atomic mass is 16.3. The van der Waals surface area contributed by atoms with Crippen LogP contribution in [0.4, 0.5) is 0 Å². The SMILES string of the molecule is CC.CC.OCc1ncn[nH]1. The Bertz CT molecular complexity index is 128. The predicted molar refractivity (Wildman–Crippen MR) is 45.0 cm³/mol. The maximum atomic E-state index is 8.29. The van der Waals surface area contributed by atoms with Crippen molar-refractivity contribution in [3.63, 3.8) is 0 Å². The summed E-state index contributed by atoms with van der Waals surface area (Å²) in [6.45, 7) is 7.93. The number of aromatic amines is 1. The van der Waals surface area contributed by atoms with Crippen LogP contribution in [0.2, 0.25) is 0 Å². The quantitative estimate of drug-likeness (QED) is 0.650. The van der Waals surface area contributed by atoms with Gasteiger partial charge in [0.2, 0.25) is 0 Å². The Morgan fingerprint density at radius 2 is 1.91 bits per heavy atom. The van der Waals surface area contributed by atoms with E-state index in [0.717, 1.165) is 0 Å². The molecule has 4 heteroatoms. The molecule has 0 atom stereocenters. The summed E-state index contributed by atoms with van der Waals surface area (Å²) >= 11 is 0. The summed E-state index contributed by atoms with van der Waals surface area (Å²) in [6.07, 6.45) is 1.35. The molecule has 66 valence electrons.